The van der Waals surface area contributed by atoms with Crippen molar-refractivity contribution in [3.8, 4) is 0 Å². The van der Waals surface area contributed by atoms with Gasteiger partial charge in [0.05, 0.1) is 17.5 Å². The molecule has 5 nitrogen and oxygen atoms in total. The number of pyridine rings is 1. The van der Waals surface area contributed by atoms with Gasteiger partial charge in [0.25, 0.3) is 5.91 Å². The smallest absolute Gasteiger partial charge is 0.295 e. The molecule has 0 saturated heterocycles. The van der Waals surface area contributed by atoms with Gasteiger partial charge in [-0.05, 0) is 50.3 Å². The molecule has 3 aliphatic rings. The molecule has 1 fully saturated rings. The van der Waals surface area contributed by atoms with Crippen LogP contribution in [0, 0.1) is 19.8 Å². The van der Waals surface area contributed by atoms with E-state index in [9.17, 15) is 9.59 Å². The van der Waals surface area contributed by atoms with E-state index in [0.717, 1.165) is 42.4 Å². The summed E-state index contributed by atoms with van der Waals surface area (Å²) in [6.45, 7) is 3.98. The molecule has 0 radical (unpaired) electrons. The van der Waals surface area contributed by atoms with E-state index in [-0.39, 0.29) is 29.5 Å². The molecule has 3 unspecified atom stereocenters. The van der Waals surface area contributed by atoms with Crippen molar-refractivity contribution in [2.75, 3.05) is 4.90 Å². The van der Waals surface area contributed by atoms with Crippen molar-refractivity contribution >= 4 is 17.5 Å². The highest BCUT2D eigenvalue weighted by Gasteiger charge is 2.52. The fraction of sp³-hybridized carbons (Fsp3) is 0.375. The Labute approximate surface area is 170 Å². The Morgan fingerprint density at radius 3 is 2.41 bits per heavy atom. The number of amides is 1. The molecule has 1 saturated carbocycles. The summed E-state index contributed by atoms with van der Waals surface area (Å²) in [4.78, 5) is 33.1. The molecule has 0 bridgehead atoms. The number of carbonyl (C=O) groups excluding carboxylic acids is 2. The summed E-state index contributed by atoms with van der Waals surface area (Å²) < 4.78 is 6.19. The fourth-order valence-corrected chi connectivity index (χ4v) is 4.75. The molecule has 29 heavy (non-hydrogen) atoms. The van der Waals surface area contributed by atoms with Crippen molar-refractivity contribution < 1.29 is 14.3 Å². The topological polar surface area (TPSA) is 59.5 Å². The van der Waals surface area contributed by atoms with Gasteiger partial charge in [-0.1, -0.05) is 42.3 Å². The first-order valence-electron chi connectivity index (χ1n) is 10.3. The summed E-state index contributed by atoms with van der Waals surface area (Å²) in [5, 5.41) is 0. The summed E-state index contributed by atoms with van der Waals surface area (Å²) in [7, 11) is 0. The molecule has 2 aliphatic heterocycles. The molecule has 5 rings (SSSR count). The first-order chi connectivity index (χ1) is 14.0. The van der Waals surface area contributed by atoms with Crippen LogP contribution in [0.4, 0.5) is 5.82 Å². The number of Topliss-reactive ketones (excluding diaryl/α,β-unsaturated/α-hetero) is 1. The van der Waals surface area contributed by atoms with Gasteiger partial charge >= 0.3 is 0 Å². The van der Waals surface area contributed by atoms with Crippen LogP contribution in [0.2, 0.25) is 0 Å². The molecule has 3 heterocycles. The van der Waals surface area contributed by atoms with Crippen molar-refractivity contribution in [3.63, 3.8) is 0 Å². The zero-order valence-electron chi connectivity index (χ0n) is 16.7. The van der Waals surface area contributed by atoms with E-state index in [0.29, 0.717) is 11.4 Å². The summed E-state index contributed by atoms with van der Waals surface area (Å²) in [5.41, 5.74) is 3.56. The monoisotopic (exact) mass is 388 g/mol. The summed E-state index contributed by atoms with van der Waals surface area (Å²) in [6, 6.07) is 11.3. The lowest BCUT2D eigenvalue weighted by Crippen LogP contribution is -2.39. The highest BCUT2D eigenvalue weighted by Crippen LogP contribution is 2.47. The quantitative estimate of drug-likeness (QED) is 0.774. The number of ketones is 1. The van der Waals surface area contributed by atoms with Gasteiger partial charge in [-0.25, -0.2) is 4.98 Å². The summed E-state index contributed by atoms with van der Waals surface area (Å²) in [5.74, 6) is 0.434. The van der Waals surface area contributed by atoms with Crippen LogP contribution in [0.15, 0.2) is 53.9 Å². The standard InChI is InChI=1S/C24H24N2O3/c1-14-7-10-16(11-8-14)21-20-22(27)17-5-3-4-6-18(17)29-23(20)24(28)26(21)19-12-9-15(2)13-25-19/h7-13,17-18,21H,3-6H2,1-2H3. The normalized spacial score (nSPS) is 26.3. The van der Waals surface area contributed by atoms with E-state index in [4.69, 9.17) is 4.74 Å². The van der Waals surface area contributed by atoms with Gasteiger partial charge in [0.15, 0.2) is 11.5 Å². The SMILES string of the molecule is Cc1ccc(C2C3=C(OC4CCCCC4C3=O)C(=O)N2c2ccc(C)cn2)cc1. The van der Waals surface area contributed by atoms with Crippen molar-refractivity contribution in [1.29, 1.82) is 0 Å². The maximum Gasteiger partial charge on any atom is 0.295 e. The first kappa shape index (κ1) is 18.1. The van der Waals surface area contributed by atoms with Crippen LogP contribution >= 0.6 is 0 Å². The van der Waals surface area contributed by atoms with Crippen molar-refractivity contribution in [1.82, 2.24) is 4.98 Å². The predicted molar refractivity (Wildman–Crippen MR) is 109 cm³/mol. The van der Waals surface area contributed by atoms with E-state index in [2.05, 4.69) is 4.98 Å². The maximum atomic E-state index is 13.5. The van der Waals surface area contributed by atoms with Crippen LogP contribution in [-0.2, 0) is 14.3 Å². The molecule has 1 aromatic heterocycles. The van der Waals surface area contributed by atoms with Gasteiger partial charge in [0.2, 0.25) is 0 Å². The minimum atomic E-state index is -0.497. The van der Waals surface area contributed by atoms with Gasteiger partial charge in [-0.3, -0.25) is 14.5 Å². The molecule has 0 N–H and O–H groups in total. The maximum absolute atomic E-state index is 13.5. The number of hydrogen-bond acceptors (Lipinski definition) is 4. The summed E-state index contributed by atoms with van der Waals surface area (Å²) >= 11 is 0. The Morgan fingerprint density at radius 2 is 1.69 bits per heavy atom. The van der Waals surface area contributed by atoms with Gasteiger partial charge in [-0.15, -0.1) is 0 Å². The third kappa shape index (κ3) is 2.87. The zero-order chi connectivity index (χ0) is 20.1. The third-order valence-corrected chi connectivity index (χ3v) is 6.30. The van der Waals surface area contributed by atoms with Gasteiger partial charge in [0.1, 0.15) is 11.9 Å². The highest BCUT2D eigenvalue weighted by atomic mass is 16.5. The third-order valence-electron chi connectivity index (χ3n) is 6.30. The fourth-order valence-electron chi connectivity index (χ4n) is 4.75. The Morgan fingerprint density at radius 1 is 0.966 bits per heavy atom. The molecule has 148 valence electrons. The Hall–Kier alpha value is -2.95. The van der Waals surface area contributed by atoms with Crippen LogP contribution in [0.3, 0.4) is 0 Å². The average molecular weight is 388 g/mol. The molecule has 1 aliphatic carbocycles. The lowest BCUT2D eigenvalue weighted by atomic mass is 9.77. The highest BCUT2D eigenvalue weighted by molar-refractivity contribution is 6.17. The largest absolute Gasteiger partial charge is 0.483 e. The van der Waals surface area contributed by atoms with E-state index in [1.54, 1.807) is 11.1 Å². The van der Waals surface area contributed by atoms with Crippen LogP contribution in [-0.4, -0.2) is 22.8 Å². The number of fused-ring (bicyclic) bond motifs is 1. The Bertz CT molecular complexity index is 1010. The van der Waals surface area contributed by atoms with Crippen molar-refractivity contribution in [2.24, 2.45) is 5.92 Å². The van der Waals surface area contributed by atoms with Crippen LogP contribution in [0.1, 0.15) is 48.4 Å². The van der Waals surface area contributed by atoms with Gasteiger partial charge in [0, 0.05) is 6.20 Å². The minimum absolute atomic E-state index is 0.0736. The molecule has 2 aromatic rings. The zero-order valence-corrected chi connectivity index (χ0v) is 16.7. The minimum Gasteiger partial charge on any atom is -0.483 e. The van der Waals surface area contributed by atoms with E-state index in [1.165, 1.54) is 0 Å². The second-order valence-electron chi connectivity index (χ2n) is 8.34. The number of aryl methyl sites for hydroxylation is 2. The molecule has 0 spiro atoms. The van der Waals surface area contributed by atoms with E-state index < -0.39 is 6.04 Å². The lowest BCUT2D eigenvalue weighted by molar-refractivity contribution is -0.131. The number of nitrogens with zero attached hydrogens (tertiary/aromatic N) is 2. The van der Waals surface area contributed by atoms with Crippen LogP contribution in [0.5, 0.6) is 0 Å². The second-order valence-corrected chi connectivity index (χ2v) is 8.34. The number of hydrogen-bond donors (Lipinski definition) is 0. The molecule has 3 atom stereocenters. The molecular formula is C24H24N2O3. The van der Waals surface area contributed by atoms with Crippen molar-refractivity contribution in [3.05, 3.63) is 70.6 Å². The number of benzene rings is 1. The van der Waals surface area contributed by atoms with E-state index >= 15 is 0 Å². The van der Waals surface area contributed by atoms with Crippen molar-refractivity contribution in [2.45, 2.75) is 51.7 Å². The first-order valence-corrected chi connectivity index (χ1v) is 10.3. The Balaban J connectivity index is 1.65. The van der Waals surface area contributed by atoms with Gasteiger partial charge < -0.3 is 4.74 Å². The second kappa shape index (κ2) is 6.83. The lowest BCUT2D eigenvalue weighted by Gasteiger charge is -2.35. The number of aromatic nitrogens is 1. The van der Waals surface area contributed by atoms with Gasteiger partial charge in [-0.2, -0.15) is 0 Å². The number of carbonyl (C=O) groups is 2. The molecule has 1 amide bonds. The molecule has 1 aromatic carbocycles. The number of anilines is 1. The molecule has 5 heteroatoms. The summed E-state index contributed by atoms with van der Waals surface area (Å²) in [6.07, 6.45) is 5.30. The number of ether oxygens (including phenoxy) is 1. The number of rotatable bonds is 2. The Kier molecular flexibility index (Phi) is 4.26. The van der Waals surface area contributed by atoms with Crippen LogP contribution < -0.4 is 4.90 Å². The predicted octanol–water partition coefficient (Wildman–Crippen LogP) is 4.20. The molecular weight excluding hydrogens is 364 g/mol. The average Bonchev–Trinajstić information content (AvgIpc) is 3.02. The van der Waals surface area contributed by atoms with Crippen LogP contribution in [0.25, 0.3) is 0 Å². The van der Waals surface area contributed by atoms with E-state index in [1.807, 2.05) is 50.2 Å².